The second-order valence-electron chi connectivity index (χ2n) is 7.91. The molecule has 0 bridgehead atoms. The quantitative estimate of drug-likeness (QED) is 0.409. The van der Waals surface area contributed by atoms with Gasteiger partial charge in [0.05, 0.1) is 6.61 Å². The highest BCUT2D eigenvalue weighted by molar-refractivity contribution is 5.70. The molecule has 0 amide bonds. The molecule has 3 heteroatoms. The van der Waals surface area contributed by atoms with Crippen molar-refractivity contribution in [2.45, 2.75) is 77.6 Å². The summed E-state index contributed by atoms with van der Waals surface area (Å²) >= 11 is 0. The zero-order valence-electron chi connectivity index (χ0n) is 15.4. The van der Waals surface area contributed by atoms with E-state index < -0.39 is 12.6 Å². The van der Waals surface area contributed by atoms with Crippen LogP contribution < -0.4 is 0 Å². The summed E-state index contributed by atoms with van der Waals surface area (Å²) in [6, 6.07) is 0. The van der Waals surface area contributed by atoms with Crippen LogP contribution in [0.5, 0.6) is 0 Å². The maximum Gasteiger partial charge on any atom is 0.337 e. The minimum absolute atomic E-state index is 0.404. The summed E-state index contributed by atoms with van der Waals surface area (Å²) in [5, 5.41) is 0. The van der Waals surface area contributed by atoms with E-state index in [0.717, 1.165) is 24.7 Å². The van der Waals surface area contributed by atoms with Crippen molar-refractivity contribution in [2.75, 3.05) is 13.3 Å². The predicted octanol–water partition coefficient (Wildman–Crippen LogP) is 5.86. The lowest BCUT2D eigenvalue weighted by Crippen LogP contribution is -2.20. The van der Waals surface area contributed by atoms with Gasteiger partial charge in [-0.05, 0) is 75.0 Å². The molecule has 0 unspecified atom stereocenters. The van der Waals surface area contributed by atoms with E-state index in [1.807, 2.05) is 0 Å². The van der Waals surface area contributed by atoms with Gasteiger partial charge in [-0.25, -0.2) is 9.18 Å². The fraction of sp³-hybridized carbons (Fsp3) is 0.857. The highest BCUT2D eigenvalue weighted by atomic mass is 19.1. The van der Waals surface area contributed by atoms with Crippen LogP contribution in [-0.2, 0) is 9.53 Å². The maximum absolute atomic E-state index is 12.1. The van der Waals surface area contributed by atoms with Gasteiger partial charge in [-0.15, -0.1) is 0 Å². The van der Waals surface area contributed by atoms with Crippen LogP contribution in [0.15, 0.2) is 12.2 Å². The average Bonchev–Trinajstić information content (AvgIpc) is 2.64. The molecule has 0 radical (unpaired) electrons. The van der Waals surface area contributed by atoms with E-state index in [1.165, 1.54) is 57.8 Å². The standard InChI is InChI=1S/C21H35FO2/c1-2-3-4-17-5-7-18(8-6-17)9-10-19-11-13-20(14-12-19)16-24-21(23)15-22/h9-10,17-20H,2-8,11-16H2,1H3. The molecule has 0 N–H and O–H groups in total. The molecule has 0 spiro atoms. The third-order valence-electron chi connectivity index (χ3n) is 5.99. The normalized spacial score (nSPS) is 31.2. The minimum Gasteiger partial charge on any atom is -0.463 e. The summed E-state index contributed by atoms with van der Waals surface area (Å²) in [4.78, 5) is 10.9. The zero-order chi connectivity index (χ0) is 17.2. The van der Waals surface area contributed by atoms with E-state index in [0.29, 0.717) is 18.4 Å². The fourth-order valence-corrected chi connectivity index (χ4v) is 4.27. The van der Waals surface area contributed by atoms with Gasteiger partial charge in [0.1, 0.15) is 0 Å². The number of carbonyl (C=O) groups is 1. The number of esters is 1. The van der Waals surface area contributed by atoms with E-state index in [-0.39, 0.29) is 0 Å². The lowest BCUT2D eigenvalue weighted by atomic mass is 9.78. The Bertz CT molecular complexity index is 377. The van der Waals surface area contributed by atoms with Crippen molar-refractivity contribution >= 4 is 5.97 Å². The SMILES string of the molecule is CCCCC1CCC(C=CC2CCC(COC(=O)CF)CC2)CC1. The van der Waals surface area contributed by atoms with Gasteiger partial charge in [-0.2, -0.15) is 0 Å². The first-order valence-electron chi connectivity index (χ1n) is 10.1. The number of hydrogen-bond donors (Lipinski definition) is 0. The van der Waals surface area contributed by atoms with Crippen molar-refractivity contribution in [3.05, 3.63) is 12.2 Å². The summed E-state index contributed by atoms with van der Waals surface area (Å²) < 4.78 is 17.0. The van der Waals surface area contributed by atoms with Gasteiger partial charge in [0.25, 0.3) is 0 Å². The molecule has 2 aliphatic carbocycles. The van der Waals surface area contributed by atoms with Crippen molar-refractivity contribution < 1.29 is 13.9 Å². The molecular weight excluding hydrogens is 303 g/mol. The summed E-state index contributed by atoms with van der Waals surface area (Å²) in [5.74, 6) is 2.19. The second-order valence-corrected chi connectivity index (χ2v) is 7.91. The number of rotatable bonds is 8. The van der Waals surface area contributed by atoms with Crippen molar-refractivity contribution in [3.63, 3.8) is 0 Å². The first-order valence-corrected chi connectivity index (χ1v) is 10.1. The Morgan fingerprint density at radius 1 is 0.958 bits per heavy atom. The molecule has 24 heavy (non-hydrogen) atoms. The number of unbranched alkanes of at least 4 members (excludes halogenated alkanes) is 1. The topological polar surface area (TPSA) is 26.3 Å². The van der Waals surface area contributed by atoms with Crippen LogP contribution in [0, 0.1) is 23.7 Å². The van der Waals surface area contributed by atoms with Crippen LogP contribution in [0.3, 0.4) is 0 Å². The zero-order valence-corrected chi connectivity index (χ0v) is 15.4. The molecule has 138 valence electrons. The molecule has 2 nitrogen and oxygen atoms in total. The van der Waals surface area contributed by atoms with E-state index >= 15 is 0 Å². The van der Waals surface area contributed by atoms with Crippen molar-refractivity contribution in [1.29, 1.82) is 0 Å². The summed E-state index contributed by atoms with van der Waals surface area (Å²) in [5.41, 5.74) is 0. The Hall–Kier alpha value is -0.860. The van der Waals surface area contributed by atoms with Gasteiger partial charge < -0.3 is 4.74 Å². The largest absolute Gasteiger partial charge is 0.463 e. The number of hydrogen-bond acceptors (Lipinski definition) is 2. The van der Waals surface area contributed by atoms with Gasteiger partial charge in [-0.1, -0.05) is 38.3 Å². The Kier molecular flexibility index (Phi) is 8.83. The van der Waals surface area contributed by atoms with Crippen molar-refractivity contribution in [2.24, 2.45) is 23.7 Å². The van der Waals surface area contributed by atoms with Crippen molar-refractivity contribution in [1.82, 2.24) is 0 Å². The van der Waals surface area contributed by atoms with Crippen LogP contribution in [0.2, 0.25) is 0 Å². The van der Waals surface area contributed by atoms with Crippen LogP contribution in [0.1, 0.15) is 77.6 Å². The lowest BCUT2D eigenvalue weighted by molar-refractivity contribution is -0.146. The Labute approximate surface area is 147 Å². The number of alkyl halides is 1. The average molecular weight is 339 g/mol. The maximum atomic E-state index is 12.1. The van der Waals surface area contributed by atoms with Crippen LogP contribution in [0.25, 0.3) is 0 Å². The Morgan fingerprint density at radius 2 is 1.50 bits per heavy atom. The van der Waals surface area contributed by atoms with E-state index in [9.17, 15) is 9.18 Å². The van der Waals surface area contributed by atoms with E-state index in [1.54, 1.807) is 0 Å². The highest BCUT2D eigenvalue weighted by Crippen LogP contribution is 2.34. The van der Waals surface area contributed by atoms with Gasteiger partial charge in [0.2, 0.25) is 0 Å². The molecule has 0 aromatic heterocycles. The Balaban J connectivity index is 1.60. The summed E-state index contributed by atoms with van der Waals surface area (Å²) in [7, 11) is 0. The molecule has 2 rings (SSSR count). The molecule has 0 aromatic rings. The van der Waals surface area contributed by atoms with E-state index in [2.05, 4.69) is 19.1 Å². The third-order valence-corrected chi connectivity index (χ3v) is 5.99. The lowest BCUT2D eigenvalue weighted by Gasteiger charge is -2.28. The first kappa shape index (κ1) is 19.5. The van der Waals surface area contributed by atoms with Crippen molar-refractivity contribution in [3.8, 4) is 0 Å². The highest BCUT2D eigenvalue weighted by Gasteiger charge is 2.22. The van der Waals surface area contributed by atoms with E-state index in [4.69, 9.17) is 4.74 Å². The molecular formula is C21H35FO2. The van der Waals surface area contributed by atoms with Gasteiger partial charge in [-0.3, -0.25) is 0 Å². The van der Waals surface area contributed by atoms with Gasteiger partial charge in [0.15, 0.2) is 6.67 Å². The third kappa shape index (κ3) is 6.94. The molecule has 0 aromatic carbocycles. The molecule has 0 atom stereocenters. The monoisotopic (exact) mass is 338 g/mol. The summed E-state index contributed by atoms with van der Waals surface area (Å²) in [6.45, 7) is 1.69. The number of allylic oxidation sites excluding steroid dienone is 2. The molecule has 0 saturated heterocycles. The fourth-order valence-electron chi connectivity index (χ4n) is 4.27. The second kappa shape index (κ2) is 10.9. The molecule has 0 heterocycles. The molecule has 2 aliphatic rings. The Morgan fingerprint density at radius 3 is 2.00 bits per heavy atom. The first-order chi connectivity index (χ1) is 11.7. The van der Waals surface area contributed by atoms with Crippen LogP contribution in [-0.4, -0.2) is 19.3 Å². The minimum atomic E-state index is -1.00. The number of halogens is 1. The van der Waals surface area contributed by atoms with Crippen LogP contribution in [0.4, 0.5) is 4.39 Å². The van der Waals surface area contributed by atoms with Gasteiger partial charge >= 0.3 is 5.97 Å². The summed E-state index contributed by atoms with van der Waals surface area (Å²) in [6.07, 6.45) is 19.2. The number of carbonyl (C=O) groups excluding carboxylic acids is 1. The van der Waals surface area contributed by atoms with Crippen LogP contribution >= 0.6 is 0 Å². The van der Waals surface area contributed by atoms with Gasteiger partial charge in [0, 0.05) is 0 Å². The predicted molar refractivity (Wildman–Crippen MR) is 96.5 cm³/mol. The molecule has 2 saturated carbocycles. The smallest absolute Gasteiger partial charge is 0.337 e. The number of ether oxygens (including phenoxy) is 1. The molecule has 2 fully saturated rings. The molecule has 0 aliphatic heterocycles.